The average molecular weight is 482 g/mol. The molecular formula is C37H23N. The van der Waals surface area contributed by atoms with Crippen LogP contribution in [0, 0.1) is 0 Å². The van der Waals surface area contributed by atoms with Gasteiger partial charge in [-0.15, -0.1) is 0 Å². The third-order valence-corrected chi connectivity index (χ3v) is 8.57. The maximum Gasteiger partial charge on any atom is 0.0544 e. The van der Waals surface area contributed by atoms with Crippen molar-refractivity contribution in [2.75, 3.05) is 0 Å². The van der Waals surface area contributed by atoms with Gasteiger partial charge in [0.15, 0.2) is 0 Å². The monoisotopic (exact) mass is 481 g/mol. The van der Waals surface area contributed by atoms with E-state index in [1.807, 2.05) is 0 Å². The first-order valence-electron chi connectivity index (χ1n) is 13.3. The van der Waals surface area contributed by atoms with E-state index in [1.54, 1.807) is 0 Å². The molecule has 1 heteroatoms. The first-order valence-corrected chi connectivity index (χ1v) is 13.3. The Morgan fingerprint density at radius 2 is 0.974 bits per heavy atom. The molecule has 176 valence electrons. The summed E-state index contributed by atoms with van der Waals surface area (Å²) in [6.45, 7) is 0. The number of fused-ring (bicyclic) bond motifs is 12. The van der Waals surface area contributed by atoms with Crippen LogP contribution in [0.15, 0.2) is 127 Å². The number of hydrogen-bond donors (Lipinski definition) is 0. The third kappa shape index (κ3) is 2.60. The summed E-state index contributed by atoms with van der Waals surface area (Å²) in [5.41, 5.74) is 9.35. The summed E-state index contributed by atoms with van der Waals surface area (Å²) in [5.74, 6) is 0. The van der Waals surface area contributed by atoms with Crippen molar-refractivity contribution in [2.24, 2.45) is 0 Å². The summed E-state index contributed by atoms with van der Waals surface area (Å²) < 4.78 is 2.47. The van der Waals surface area contributed by atoms with Crippen LogP contribution in [0.5, 0.6) is 0 Å². The molecule has 9 rings (SSSR count). The van der Waals surface area contributed by atoms with E-state index >= 15 is 0 Å². The second-order valence-electron chi connectivity index (χ2n) is 10.5. The molecule has 8 aromatic rings. The van der Waals surface area contributed by atoms with E-state index in [-0.39, 0.29) is 0 Å². The van der Waals surface area contributed by atoms with Gasteiger partial charge in [0.05, 0.1) is 11.0 Å². The SMILES string of the molecule is c1ccc2c(c1)Cc1cc3c(cc1-2)c1ccccc1n3-c1ccc2c3ccccc3c3ccccc3c2c1. The maximum absolute atomic E-state index is 2.47. The lowest BCUT2D eigenvalue weighted by atomic mass is 9.94. The highest BCUT2D eigenvalue weighted by atomic mass is 15.0. The van der Waals surface area contributed by atoms with Crippen molar-refractivity contribution in [1.29, 1.82) is 0 Å². The lowest BCUT2D eigenvalue weighted by Gasteiger charge is -2.14. The molecule has 0 radical (unpaired) electrons. The van der Waals surface area contributed by atoms with E-state index in [4.69, 9.17) is 0 Å². The summed E-state index contributed by atoms with van der Waals surface area (Å²) in [5, 5.41) is 10.5. The molecule has 38 heavy (non-hydrogen) atoms. The molecule has 0 atom stereocenters. The molecule has 1 heterocycles. The molecule has 0 amide bonds. The van der Waals surface area contributed by atoms with Gasteiger partial charge in [-0.1, -0.05) is 97.1 Å². The van der Waals surface area contributed by atoms with Crippen LogP contribution in [-0.2, 0) is 6.42 Å². The highest BCUT2D eigenvalue weighted by molar-refractivity contribution is 6.25. The Morgan fingerprint density at radius 3 is 1.74 bits per heavy atom. The van der Waals surface area contributed by atoms with Crippen LogP contribution in [-0.4, -0.2) is 4.57 Å². The minimum Gasteiger partial charge on any atom is -0.309 e. The Morgan fingerprint density at radius 1 is 0.368 bits per heavy atom. The van der Waals surface area contributed by atoms with Crippen LogP contribution in [0.2, 0.25) is 0 Å². The Balaban J connectivity index is 1.39. The predicted molar refractivity (Wildman–Crippen MR) is 162 cm³/mol. The van der Waals surface area contributed by atoms with Crippen molar-refractivity contribution >= 4 is 54.1 Å². The molecule has 1 aliphatic carbocycles. The summed E-state index contributed by atoms with van der Waals surface area (Å²) in [6, 6.07) is 47.2. The Labute approximate surface area is 220 Å². The average Bonchev–Trinajstić information content (AvgIpc) is 3.51. The fourth-order valence-corrected chi connectivity index (χ4v) is 6.91. The molecule has 7 aromatic carbocycles. The zero-order chi connectivity index (χ0) is 24.8. The van der Waals surface area contributed by atoms with E-state index in [0.717, 1.165) is 6.42 Å². The van der Waals surface area contributed by atoms with E-state index in [2.05, 4.69) is 132 Å². The Bertz CT molecular complexity index is 2230. The summed E-state index contributed by atoms with van der Waals surface area (Å²) in [6.07, 6.45) is 0.997. The standard InChI is InChI=1S/C37H23N/c1-2-10-26-23(9-1)19-24-20-37-35(22-33(24)26)32-15-7-8-16-36(32)38(37)25-17-18-31-29-13-4-3-11-27(29)28-12-5-6-14-30(28)34(31)21-25/h1-18,20-22H,19H2. The van der Waals surface area contributed by atoms with Gasteiger partial charge in [-0.25, -0.2) is 0 Å². The molecule has 0 fully saturated rings. The summed E-state index contributed by atoms with van der Waals surface area (Å²) in [7, 11) is 0. The summed E-state index contributed by atoms with van der Waals surface area (Å²) in [4.78, 5) is 0. The van der Waals surface area contributed by atoms with Gasteiger partial charge >= 0.3 is 0 Å². The number of nitrogens with zero attached hydrogens (tertiary/aromatic N) is 1. The normalized spacial score (nSPS) is 12.6. The smallest absolute Gasteiger partial charge is 0.0544 e. The van der Waals surface area contributed by atoms with Crippen LogP contribution in [0.25, 0.3) is 70.9 Å². The van der Waals surface area contributed by atoms with Crippen LogP contribution in [0.3, 0.4) is 0 Å². The third-order valence-electron chi connectivity index (χ3n) is 8.57. The van der Waals surface area contributed by atoms with Gasteiger partial charge in [-0.2, -0.15) is 0 Å². The maximum atomic E-state index is 2.47. The number of hydrogen-bond acceptors (Lipinski definition) is 0. The molecule has 0 aliphatic heterocycles. The molecular weight excluding hydrogens is 458 g/mol. The molecule has 1 nitrogen and oxygen atoms in total. The van der Waals surface area contributed by atoms with E-state index in [9.17, 15) is 0 Å². The second-order valence-corrected chi connectivity index (χ2v) is 10.5. The van der Waals surface area contributed by atoms with Crippen molar-refractivity contribution in [1.82, 2.24) is 4.57 Å². The van der Waals surface area contributed by atoms with Crippen molar-refractivity contribution < 1.29 is 0 Å². The quantitative estimate of drug-likeness (QED) is 0.206. The first-order chi connectivity index (χ1) is 18.8. The number of benzene rings is 7. The van der Waals surface area contributed by atoms with Crippen LogP contribution < -0.4 is 0 Å². The van der Waals surface area contributed by atoms with Gasteiger partial charge in [0, 0.05) is 16.5 Å². The number of aromatic nitrogens is 1. The topological polar surface area (TPSA) is 4.93 Å². The zero-order valence-electron chi connectivity index (χ0n) is 20.8. The van der Waals surface area contributed by atoms with Crippen molar-refractivity contribution in [3.8, 4) is 16.8 Å². The van der Waals surface area contributed by atoms with Crippen molar-refractivity contribution in [3.63, 3.8) is 0 Å². The molecule has 0 spiro atoms. The minimum absolute atomic E-state index is 0.997. The highest BCUT2D eigenvalue weighted by Gasteiger charge is 2.22. The fourth-order valence-electron chi connectivity index (χ4n) is 6.91. The van der Waals surface area contributed by atoms with E-state index in [0.29, 0.717) is 0 Å². The van der Waals surface area contributed by atoms with Crippen molar-refractivity contribution in [2.45, 2.75) is 6.42 Å². The van der Waals surface area contributed by atoms with Crippen LogP contribution in [0.4, 0.5) is 0 Å². The van der Waals surface area contributed by atoms with Gasteiger partial charge in [0.1, 0.15) is 0 Å². The molecule has 0 unspecified atom stereocenters. The van der Waals surface area contributed by atoms with Gasteiger partial charge < -0.3 is 4.57 Å². The van der Waals surface area contributed by atoms with Gasteiger partial charge in [0.2, 0.25) is 0 Å². The molecule has 0 N–H and O–H groups in total. The zero-order valence-corrected chi connectivity index (χ0v) is 20.8. The number of rotatable bonds is 1. The Kier molecular flexibility index (Phi) is 3.90. The van der Waals surface area contributed by atoms with E-state index < -0.39 is 0 Å². The molecule has 1 aromatic heterocycles. The van der Waals surface area contributed by atoms with Crippen molar-refractivity contribution in [3.05, 3.63) is 139 Å². The summed E-state index contributed by atoms with van der Waals surface area (Å²) >= 11 is 0. The lowest BCUT2D eigenvalue weighted by molar-refractivity contribution is 1.18. The molecule has 0 saturated heterocycles. The van der Waals surface area contributed by atoms with Gasteiger partial charge in [-0.3, -0.25) is 0 Å². The highest BCUT2D eigenvalue weighted by Crippen LogP contribution is 2.43. The van der Waals surface area contributed by atoms with Crippen LogP contribution in [0.1, 0.15) is 11.1 Å². The Hall–Kier alpha value is -4.88. The van der Waals surface area contributed by atoms with Gasteiger partial charge in [-0.05, 0) is 91.3 Å². The minimum atomic E-state index is 0.997. The largest absolute Gasteiger partial charge is 0.309 e. The molecule has 0 saturated carbocycles. The number of para-hydroxylation sites is 1. The molecule has 1 aliphatic rings. The second kappa shape index (κ2) is 7.34. The first kappa shape index (κ1) is 20.2. The lowest BCUT2D eigenvalue weighted by Crippen LogP contribution is -1.95. The molecule has 0 bridgehead atoms. The fraction of sp³-hybridized carbons (Fsp3) is 0.0270. The van der Waals surface area contributed by atoms with Crippen LogP contribution >= 0.6 is 0 Å². The van der Waals surface area contributed by atoms with E-state index in [1.165, 1.54) is 82.1 Å². The predicted octanol–water partition coefficient (Wildman–Crippen LogP) is 9.81. The van der Waals surface area contributed by atoms with Gasteiger partial charge in [0.25, 0.3) is 0 Å².